The summed E-state index contributed by atoms with van der Waals surface area (Å²) in [6, 6.07) is 8.43. The molecule has 2 aliphatic rings. The number of hydrogen-bond acceptors (Lipinski definition) is 4. The van der Waals surface area contributed by atoms with E-state index in [4.69, 9.17) is 14.2 Å². The molecule has 2 fully saturated rings. The Morgan fingerprint density at radius 3 is 2.60 bits per heavy atom. The molecule has 3 rings (SSSR count). The number of nitrogens with zero attached hydrogens (tertiary/aromatic N) is 2. The van der Waals surface area contributed by atoms with Crippen LogP contribution in [0.15, 0.2) is 29.3 Å². The number of benzene rings is 1. The van der Waals surface area contributed by atoms with Gasteiger partial charge in [0.25, 0.3) is 0 Å². The molecule has 1 unspecified atom stereocenters. The smallest absolute Gasteiger partial charge is 0.193 e. The lowest BCUT2D eigenvalue weighted by atomic mass is 10.1. The summed E-state index contributed by atoms with van der Waals surface area (Å²) in [7, 11) is 1.86. The number of aliphatic imine (C=N–C) groups is 1. The van der Waals surface area contributed by atoms with E-state index in [1.54, 1.807) is 0 Å². The van der Waals surface area contributed by atoms with Gasteiger partial charge in [-0.25, -0.2) is 0 Å². The summed E-state index contributed by atoms with van der Waals surface area (Å²) in [5.41, 5.74) is 1.30. The molecule has 0 radical (unpaired) electrons. The Kier molecular flexibility index (Phi) is 9.27. The van der Waals surface area contributed by atoms with E-state index in [1.807, 2.05) is 7.05 Å². The average molecular weight is 418 g/mol. The number of likely N-dealkylation sites (tertiary alicyclic amines) is 1. The highest BCUT2D eigenvalue weighted by atomic mass is 16.5. The Balaban J connectivity index is 1.33. The van der Waals surface area contributed by atoms with Crippen LogP contribution in [0.3, 0.4) is 0 Å². The van der Waals surface area contributed by atoms with Crippen molar-refractivity contribution in [2.24, 2.45) is 10.9 Å². The van der Waals surface area contributed by atoms with Gasteiger partial charge in [-0.1, -0.05) is 26.0 Å². The summed E-state index contributed by atoms with van der Waals surface area (Å²) in [6.45, 7) is 9.56. The van der Waals surface area contributed by atoms with Gasteiger partial charge in [0.15, 0.2) is 5.96 Å². The molecule has 0 spiro atoms. The third-order valence-electron chi connectivity index (χ3n) is 5.70. The third kappa shape index (κ3) is 7.47. The number of hydrogen-bond donors (Lipinski definition) is 1. The van der Waals surface area contributed by atoms with Crippen LogP contribution in [0.5, 0.6) is 5.75 Å². The summed E-state index contributed by atoms with van der Waals surface area (Å²) in [5, 5.41) is 3.52. The van der Waals surface area contributed by atoms with Gasteiger partial charge in [0.05, 0.1) is 25.4 Å². The molecule has 2 saturated heterocycles. The molecule has 168 valence electrons. The first kappa shape index (κ1) is 22.9. The van der Waals surface area contributed by atoms with Gasteiger partial charge in [-0.3, -0.25) is 4.99 Å². The Hall–Kier alpha value is -1.79. The molecule has 0 bridgehead atoms. The van der Waals surface area contributed by atoms with Crippen LogP contribution in [-0.4, -0.2) is 69.6 Å². The fraction of sp³-hybridized carbons (Fsp3) is 0.708. The first-order valence-corrected chi connectivity index (χ1v) is 11.5. The first-order chi connectivity index (χ1) is 14.6. The Morgan fingerprint density at radius 1 is 1.20 bits per heavy atom. The molecule has 2 heterocycles. The number of nitrogens with one attached hydrogen (secondary N) is 1. The van der Waals surface area contributed by atoms with E-state index in [-0.39, 0.29) is 0 Å². The maximum absolute atomic E-state index is 6.09. The third-order valence-corrected chi connectivity index (χ3v) is 5.70. The van der Waals surface area contributed by atoms with Crippen LogP contribution in [0.25, 0.3) is 0 Å². The van der Waals surface area contributed by atoms with Crippen LogP contribution >= 0.6 is 0 Å². The zero-order valence-corrected chi connectivity index (χ0v) is 18.9. The van der Waals surface area contributed by atoms with Gasteiger partial charge in [-0.05, 0) is 55.7 Å². The highest BCUT2D eigenvalue weighted by Gasteiger charge is 2.24. The zero-order valence-electron chi connectivity index (χ0n) is 18.9. The molecular weight excluding hydrogens is 378 g/mol. The topological polar surface area (TPSA) is 55.3 Å². The van der Waals surface area contributed by atoms with Crippen molar-refractivity contribution in [2.45, 2.75) is 58.2 Å². The van der Waals surface area contributed by atoms with E-state index in [0.717, 1.165) is 76.8 Å². The lowest BCUT2D eigenvalue weighted by Gasteiger charge is -2.34. The standard InChI is InChI=1S/C24H39N3O3/c1-19(2)17-29-21-8-6-20(7-9-21)10-13-26-24(25-3)27-14-11-22(12-15-27)30-18-23-5-4-16-28-23/h6-9,19,22-23H,4-5,10-18H2,1-3H3,(H,25,26). The van der Waals surface area contributed by atoms with Crippen molar-refractivity contribution in [1.29, 1.82) is 0 Å². The number of rotatable bonds is 9. The molecule has 1 aromatic rings. The fourth-order valence-electron chi connectivity index (χ4n) is 3.92. The Morgan fingerprint density at radius 2 is 1.97 bits per heavy atom. The Labute approximate surface area is 182 Å². The lowest BCUT2D eigenvalue weighted by molar-refractivity contribution is -0.0367. The summed E-state index contributed by atoms with van der Waals surface area (Å²) in [4.78, 5) is 6.82. The monoisotopic (exact) mass is 417 g/mol. The second-order valence-electron chi connectivity index (χ2n) is 8.73. The van der Waals surface area contributed by atoms with Crippen molar-refractivity contribution in [3.63, 3.8) is 0 Å². The van der Waals surface area contributed by atoms with E-state index in [9.17, 15) is 0 Å². The van der Waals surface area contributed by atoms with E-state index in [1.165, 1.54) is 12.0 Å². The van der Waals surface area contributed by atoms with E-state index < -0.39 is 0 Å². The molecule has 0 aliphatic carbocycles. The van der Waals surface area contributed by atoms with Crippen LogP contribution in [-0.2, 0) is 15.9 Å². The summed E-state index contributed by atoms with van der Waals surface area (Å²) in [5.74, 6) is 2.48. The SMILES string of the molecule is CN=C(NCCc1ccc(OCC(C)C)cc1)N1CCC(OCC2CCCO2)CC1. The van der Waals surface area contributed by atoms with Crippen molar-refractivity contribution >= 4 is 5.96 Å². The van der Waals surface area contributed by atoms with Crippen molar-refractivity contribution in [3.05, 3.63) is 29.8 Å². The predicted molar refractivity (Wildman–Crippen MR) is 121 cm³/mol. The second kappa shape index (κ2) is 12.2. The quantitative estimate of drug-likeness (QED) is 0.492. The highest BCUT2D eigenvalue weighted by Crippen LogP contribution is 2.18. The minimum atomic E-state index is 0.313. The minimum absolute atomic E-state index is 0.313. The zero-order chi connectivity index (χ0) is 21.2. The normalized spacial score (nSPS) is 20.7. The predicted octanol–water partition coefficient (Wildman–Crippen LogP) is 3.50. The van der Waals surface area contributed by atoms with Crippen LogP contribution < -0.4 is 10.1 Å². The maximum atomic E-state index is 6.09. The molecular formula is C24H39N3O3. The number of guanidine groups is 1. The second-order valence-corrected chi connectivity index (χ2v) is 8.73. The van der Waals surface area contributed by atoms with Crippen LogP contribution in [0.1, 0.15) is 45.1 Å². The van der Waals surface area contributed by atoms with Gasteiger partial charge in [0.2, 0.25) is 0 Å². The number of ether oxygens (including phenoxy) is 3. The van der Waals surface area contributed by atoms with E-state index in [0.29, 0.717) is 18.1 Å². The molecule has 1 N–H and O–H groups in total. The van der Waals surface area contributed by atoms with Crippen LogP contribution in [0.4, 0.5) is 0 Å². The summed E-state index contributed by atoms with van der Waals surface area (Å²) < 4.78 is 17.5. The summed E-state index contributed by atoms with van der Waals surface area (Å²) in [6.07, 6.45) is 6.03. The van der Waals surface area contributed by atoms with Gasteiger partial charge in [0, 0.05) is 33.3 Å². The molecule has 0 amide bonds. The molecule has 0 aromatic heterocycles. The van der Waals surface area contributed by atoms with Gasteiger partial charge < -0.3 is 24.4 Å². The van der Waals surface area contributed by atoms with Crippen molar-refractivity contribution in [3.8, 4) is 5.75 Å². The molecule has 1 aromatic carbocycles. The van der Waals surface area contributed by atoms with Gasteiger partial charge in [0.1, 0.15) is 5.75 Å². The molecule has 2 aliphatic heterocycles. The van der Waals surface area contributed by atoms with Crippen LogP contribution in [0.2, 0.25) is 0 Å². The van der Waals surface area contributed by atoms with Gasteiger partial charge >= 0.3 is 0 Å². The fourth-order valence-corrected chi connectivity index (χ4v) is 3.92. The van der Waals surface area contributed by atoms with Crippen molar-refractivity contribution in [1.82, 2.24) is 10.2 Å². The van der Waals surface area contributed by atoms with Gasteiger partial charge in [-0.15, -0.1) is 0 Å². The van der Waals surface area contributed by atoms with Crippen LogP contribution in [0, 0.1) is 5.92 Å². The summed E-state index contributed by atoms with van der Waals surface area (Å²) >= 11 is 0. The van der Waals surface area contributed by atoms with E-state index in [2.05, 4.69) is 53.3 Å². The molecule has 1 atom stereocenters. The molecule has 6 heteroatoms. The minimum Gasteiger partial charge on any atom is -0.493 e. The largest absolute Gasteiger partial charge is 0.493 e. The molecule has 30 heavy (non-hydrogen) atoms. The molecule has 6 nitrogen and oxygen atoms in total. The van der Waals surface area contributed by atoms with Crippen molar-refractivity contribution < 1.29 is 14.2 Å². The average Bonchev–Trinajstić information content (AvgIpc) is 3.29. The first-order valence-electron chi connectivity index (χ1n) is 11.5. The highest BCUT2D eigenvalue weighted by molar-refractivity contribution is 5.79. The lowest BCUT2D eigenvalue weighted by Crippen LogP contribution is -2.47. The van der Waals surface area contributed by atoms with Crippen molar-refractivity contribution in [2.75, 3.05) is 46.5 Å². The number of piperidine rings is 1. The van der Waals surface area contributed by atoms with E-state index >= 15 is 0 Å². The Bertz CT molecular complexity index is 634. The maximum Gasteiger partial charge on any atom is 0.193 e. The molecule has 0 saturated carbocycles. The van der Waals surface area contributed by atoms with Gasteiger partial charge in [-0.2, -0.15) is 0 Å².